The molecule has 7 heteroatoms. The van der Waals surface area contributed by atoms with Crippen molar-refractivity contribution in [1.29, 1.82) is 0 Å². The Kier molecular flexibility index (Phi) is 4.21. The van der Waals surface area contributed by atoms with Crippen molar-refractivity contribution in [3.63, 3.8) is 0 Å². The van der Waals surface area contributed by atoms with Crippen molar-refractivity contribution in [3.8, 4) is 0 Å². The Bertz CT molecular complexity index is 815. The minimum atomic E-state index is -0.286. The maximum atomic E-state index is 12.5. The fraction of sp³-hybridized carbons (Fsp3) is 0.389. The Hall–Kier alpha value is -2.34. The third kappa shape index (κ3) is 3.14. The minimum absolute atomic E-state index is 0.0211. The molecule has 0 radical (unpaired) electrons. The summed E-state index contributed by atoms with van der Waals surface area (Å²) < 4.78 is 5.27. The number of aromatic nitrogens is 1. The third-order valence-electron chi connectivity index (χ3n) is 4.76. The van der Waals surface area contributed by atoms with Crippen LogP contribution in [0, 0.1) is 0 Å². The molecule has 2 heterocycles. The predicted octanol–water partition coefficient (Wildman–Crippen LogP) is 2.74. The molecule has 0 bridgehead atoms. The molecule has 1 N–H and O–H groups in total. The first kappa shape index (κ1) is 16.1. The number of halogens is 1. The second-order valence-electron chi connectivity index (χ2n) is 6.50. The molecule has 1 aliphatic heterocycles. The van der Waals surface area contributed by atoms with E-state index in [2.05, 4.69) is 10.5 Å². The molecule has 1 aromatic carbocycles. The molecule has 2 amide bonds. The highest BCUT2D eigenvalue weighted by Crippen LogP contribution is 2.26. The molecule has 1 saturated heterocycles. The summed E-state index contributed by atoms with van der Waals surface area (Å²) in [6.45, 7) is 0.433. The summed E-state index contributed by atoms with van der Waals surface area (Å²) in [5.41, 5.74) is 2.59. The Labute approximate surface area is 150 Å². The summed E-state index contributed by atoms with van der Waals surface area (Å²) in [6, 6.07) is 6.85. The minimum Gasteiger partial charge on any atom is -0.350 e. The smallest absolute Gasteiger partial charge is 0.290 e. The van der Waals surface area contributed by atoms with Gasteiger partial charge in [0, 0.05) is 29.2 Å². The van der Waals surface area contributed by atoms with Crippen LogP contribution in [0.2, 0.25) is 5.02 Å². The number of aryl methyl sites for hydroxylation is 1. The molecule has 1 unspecified atom stereocenters. The van der Waals surface area contributed by atoms with E-state index in [-0.39, 0.29) is 24.3 Å². The average molecular weight is 360 g/mol. The van der Waals surface area contributed by atoms with E-state index in [1.54, 1.807) is 29.2 Å². The lowest BCUT2D eigenvalue weighted by molar-refractivity contribution is -0.117. The lowest BCUT2D eigenvalue weighted by atomic mass is 9.96. The van der Waals surface area contributed by atoms with Crippen LogP contribution in [0.5, 0.6) is 0 Å². The van der Waals surface area contributed by atoms with Gasteiger partial charge in [0.05, 0.1) is 11.7 Å². The first-order chi connectivity index (χ1) is 12.1. The molecule has 1 aliphatic carbocycles. The zero-order chi connectivity index (χ0) is 17.4. The molecule has 25 heavy (non-hydrogen) atoms. The molecule has 1 fully saturated rings. The van der Waals surface area contributed by atoms with Crippen molar-refractivity contribution in [2.75, 3.05) is 11.4 Å². The van der Waals surface area contributed by atoms with Gasteiger partial charge in [-0.1, -0.05) is 16.8 Å². The van der Waals surface area contributed by atoms with E-state index < -0.39 is 0 Å². The van der Waals surface area contributed by atoms with E-state index in [0.717, 1.165) is 42.6 Å². The number of hydrogen-bond acceptors (Lipinski definition) is 4. The van der Waals surface area contributed by atoms with Crippen LogP contribution in [0.15, 0.2) is 28.8 Å². The Morgan fingerprint density at radius 2 is 2.00 bits per heavy atom. The van der Waals surface area contributed by atoms with Gasteiger partial charge in [0.1, 0.15) is 0 Å². The van der Waals surface area contributed by atoms with Crippen LogP contribution < -0.4 is 10.2 Å². The van der Waals surface area contributed by atoms with Gasteiger partial charge in [-0.2, -0.15) is 0 Å². The van der Waals surface area contributed by atoms with Gasteiger partial charge in [-0.05, 0) is 49.9 Å². The summed E-state index contributed by atoms with van der Waals surface area (Å²) in [6.07, 6.45) is 4.07. The van der Waals surface area contributed by atoms with E-state index in [9.17, 15) is 9.59 Å². The highest BCUT2D eigenvalue weighted by atomic mass is 35.5. The average Bonchev–Trinajstić information content (AvgIpc) is 3.19. The van der Waals surface area contributed by atoms with Crippen molar-refractivity contribution in [1.82, 2.24) is 10.5 Å². The van der Waals surface area contributed by atoms with Gasteiger partial charge in [-0.15, -0.1) is 0 Å². The molecule has 1 aromatic heterocycles. The number of anilines is 1. The quantitative estimate of drug-likeness (QED) is 0.914. The molecule has 4 rings (SSSR count). The van der Waals surface area contributed by atoms with Crippen molar-refractivity contribution < 1.29 is 14.1 Å². The van der Waals surface area contributed by atoms with E-state index in [4.69, 9.17) is 16.1 Å². The zero-order valence-corrected chi connectivity index (χ0v) is 14.4. The van der Waals surface area contributed by atoms with Crippen LogP contribution in [-0.2, 0) is 17.6 Å². The van der Waals surface area contributed by atoms with Crippen molar-refractivity contribution >= 4 is 29.1 Å². The van der Waals surface area contributed by atoms with Gasteiger partial charge in [0.2, 0.25) is 11.7 Å². The number of benzene rings is 1. The predicted molar refractivity (Wildman–Crippen MR) is 92.8 cm³/mol. The number of carbonyl (C=O) groups is 2. The molecule has 1 atom stereocenters. The standard InChI is InChI=1S/C18H18ClN3O3/c19-11-5-7-13(8-6-11)22-10-12(9-16(22)23)20-18(24)17-14-3-1-2-4-15(14)21-25-17/h5-8,12H,1-4,9-10H2,(H,20,24). The molecular weight excluding hydrogens is 342 g/mol. The van der Waals surface area contributed by atoms with Crippen molar-refractivity contribution in [2.24, 2.45) is 0 Å². The van der Waals surface area contributed by atoms with Gasteiger partial charge in [-0.3, -0.25) is 9.59 Å². The summed E-state index contributed by atoms with van der Waals surface area (Å²) in [5.74, 6) is -0.00859. The zero-order valence-electron chi connectivity index (χ0n) is 13.6. The number of rotatable bonds is 3. The van der Waals surface area contributed by atoms with Gasteiger partial charge >= 0.3 is 0 Å². The molecule has 2 aliphatic rings. The van der Waals surface area contributed by atoms with Crippen LogP contribution in [0.3, 0.4) is 0 Å². The fourth-order valence-corrected chi connectivity index (χ4v) is 3.62. The lowest BCUT2D eigenvalue weighted by Crippen LogP contribution is -2.37. The Morgan fingerprint density at radius 1 is 1.24 bits per heavy atom. The topological polar surface area (TPSA) is 75.4 Å². The van der Waals surface area contributed by atoms with Gasteiger partial charge in [-0.25, -0.2) is 0 Å². The van der Waals surface area contributed by atoms with Crippen molar-refractivity contribution in [3.05, 3.63) is 46.3 Å². The van der Waals surface area contributed by atoms with Gasteiger partial charge < -0.3 is 14.7 Å². The van der Waals surface area contributed by atoms with Crippen LogP contribution >= 0.6 is 11.6 Å². The van der Waals surface area contributed by atoms with Crippen LogP contribution in [-0.4, -0.2) is 29.6 Å². The maximum absolute atomic E-state index is 12.5. The Morgan fingerprint density at radius 3 is 2.80 bits per heavy atom. The second kappa shape index (κ2) is 6.52. The van der Waals surface area contributed by atoms with Crippen molar-refractivity contribution in [2.45, 2.75) is 38.1 Å². The normalized spacial score (nSPS) is 19.8. The molecule has 0 spiro atoms. The van der Waals surface area contributed by atoms with Crippen LogP contribution in [0.1, 0.15) is 41.1 Å². The van der Waals surface area contributed by atoms with E-state index in [0.29, 0.717) is 17.3 Å². The fourth-order valence-electron chi connectivity index (χ4n) is 3.49. The van der Waals surface area contributed by atoms with Crippen LogP contribution in [0.25, 0.3) is 0 Å². The first-order valence-corrected chi connectivity index (χ1v) is 8.84. The number of nitrogens with one attached hydrogen (secondary N) is 1. The monoisotopic (exact) mass is 359 g/mol. The summed E-state index contributed by atoms with van der Waals surface area (Å²) in [4.78, 5) is 26.5. The largest absolute Gasteiger partial charge is 0.350 e. The lowest BCUT2D eigenvalue weighted by Gasteiger charge is -2.17. The van der Waals surface area contributed by atoms with Gasteiger partial charge in [0.25, 0.3) is 5.91 Å². The maximum Gasteiger partial charge on any atom is 0.290 e. The Balaban J connectivity index is 1.45. The molecule has 2 aromatic rings. The van der Waals surface area contributed by atoms with Crippen LogP contribution in [0.4, 0.5) is 5.69 Å². The highest BCUT2D eigenvalue weighted by molar-refractivity contribution is 6.30. The molecule has 130 valence electrons. The number of amides is 2. The number of carbonyl (C=O) groups excluding carboxylic acids is 2. The molecule has 6 nitrogen and oxygen atoms in total. The molecular formula is C18H18ClN3O3. The highest BCUT2D eigenvalue weighted by Gasteiger charge is 2.33. The summed E-state index contributed by atoms with van der Waals surface area (Å²) in [7, 11) is 0. The number of nitrogens with zero attached hydrogens (tertiary/aromatic N) is 2. The van der Waals surface area contributed by atoms with E-state index in [1.807, 2.05) is 0 Å². The third-order valence-corrected chi connectivity index (χ3v) is 5.02. The van der Waals surface area contributed by atoms with E-state index >= 15 is 0 Å². The van der Waals surface area contributed by atoms with Gasteiger partial charge in [0.15, 0.2) is 0 Å². The number of hydrogen-bond donors (Lipinski definition) is 1. The molecule has 0 saturated carbocycles. The van der Waals surface area contributed by atoms with E-state index in [1.165, 1.54) is 0 Å². The SMILES string of the molecule is O=C(NC1CC(=O)N(c2ccc(Cl)cc2)C1)c1onc2c1CCCC2. The number of fused-ring (bicyclic) bond motifs is 1. The second-order valence-corrected chi connectivity index (χ2v) is 6.94. The summed E-state index contributed by atoms with van der Waals surface area (Å²) >= 11 is 5.89. The summed E-state index contributed by atoms with van der Waals surface area (Å²) in [5, 5.41) is 7.54. The first-order valence-electron chi connectivity index (χ1n) is 8.46.